The summed E-state index contributed by atoms with van der Waals surface area (Å²) >= 11 is -1.67. The van der Waals surface area contributed by atoms with E-state index < -0.39 is 0 Å². The van der Waals surface area contributed by atoms with Crippen molar-refractivity contribution in [3.8, 4) is 0 Å². The third kappa shape index (κ3) is 1250. The molecule has 0 fully saturated rings. The Morgan fingerprint density at radius 3 is 0.200 bits per heavy atom. The van der Waals surface area contributed by atoms with Gasteiger partial charge in [-0.2, -0.15) is 0 Å². The van der Waals surface area contributed by atoms with Gasteiger partial charge in [-0.15, -0.1) is 46.6 Å². The van der Waals surface area contributed by atoms with Crippen LogP contribution in [0.25, 0.3) is 0 Å². The van der Waals surface area contributed by atoms with Crippen LogP contribution in [0.3, 0.4) is 0 Å². The zero-order chi connectivity index (χ0) is 27.1. The molecule has 0 bridgehead atoms. The minimum absolute atomic E-state index is 0. The van der Waals surface area contributed by atoms with Gasteiger partial charge in [0.1, 0.15) is 0 Å². The first kappa shape index (κ1) is 96.8. The van der Waals surface area contributed by atoms with E-state index in [1.54, 1.807) is 0 Å². The molecule has 20 nitrogen and oxygen atoms in total. The maximum absolute atomic E-state index is 8.35. The van der Waals surface area contributed by atoms with Crippen molar-refractivity contribution < 1.29 is 206 Å². The summed E-state index contributed by atoms with van der Waals surface area (Å²) in [5, 5.41) is 0. The molecule has 0 aromatic carbocycles. The fourth-order valence-corrected chi connectivity index (χ4v) is 0. The molecule has 0 saturated carbocycles. The summed E-state index contributed by atoms with van der Waals surface area (Å²) in [5.74, 6) is 0. The largest absolute Gasteiger partial charge is 0.506 e. The molecule has 0 atom stereocenters. The van der Waals surface area contributed by atoms with Gasteiger partial charge in [-0.1, -0.05) is 0 Å². The summed E-state index contributed by atoms with van der Waals surface area (Å²) in [4.78, 5) is 0. The van der Waals surface area contributed by atoms with Gasteiger partial charge in [0.15, 0.2) is 0 Å². The fraction of sp³-hybridized carbons (Fsp3) is 0. The van der Waals surface area contributed by atoms with Crippen molar-refractivity contribution in [3.05, 3.63) is 0 Å². The van der Waals surface area contributed by atoms with Gasteiger partial charge in [0.05, 0.1) is 0 Å². The summed E-state index contributed by atoms with van der Waals surface area (Å²) < 4.78 is 152. The number of halogens is 10. The van der Waals surface area contributed by atoms with Gasteiger partial charge in [-0.25, -0.2) is 0 Å². The molecule has 0 aliphatic rings. The van der Waals surface area contributed by atoms with E-state index in [1.165, 1.54) is 0 Å². The minimum Gasteiger partial charge on any atom is -0.506 e. The normalized spacial score (nSPS) is 5.14. The van der Waals surface area contributed by atoms with E-state index in [1.807, 2.05) is 0 Å². The topological polar surface area (TPSA) is 433 Å². The predicted octanol–water partition coefficient (Wildman–Crippen LogP) is -20.7. The number of hydrogen-bond donors (Lipinski definition) is 10. The SMILES string of the molecule is [NaH].[NaH].[NaH].[NaH].[NaH].[O-][Cl+]O.[O-][Cl+]O.[O-][Cl+]O.[O-][Cl+]O.[O-][Cl+]O.[O-][Cl+]O.[O-][Cl+]O.[O-][Cl+]O.[O-][Cl+]O.[O-][Cl+]O. The molecular formula is H15Cl10Na5O20. The molecule has 0 heterocycles. The van der Waals surface area contributed by atoms with Crippen molar-refractivity contribution in [2.75, 3.05) is 0 Å². The molecule has 35 heteroatoms. The molecule has 0 aromatic heterocycles. The Hall–Kier alpha value is 7.10. The summed E-state index contributed by atoms with van der Waals surface area (Å²) in [6.07, 6.45) is 0. The van der Waals surface area contributed by atoms with Gasteiger partial charge < -0.3 is 46.6 Å². The van der Waals surface area contributed by atoms with Crippen LogP contribution in [-0.2, 0) is 0 Å². The van der Waals surface area contributed by atoms with Gasteiger partial charge >= 0.3 is 261 Å². The molecule has 35 heavy (non-hydrogen) atoms. The number of rotatable bonds is 0. The molecule has 0 radical (unpaired) electrons. The van der Waals surface area contributed by atoms with Crippen molar-refractivity contribution in [2.24, 2.45) is 0 Å². The second-order valence-electron chi connectivity index (χ2n) is 0.690. The second-order valence-corrected chi connectivity index (χ2v) is 2.07. The van der Waals surface area contributed by atoms with E-state index in [0.29, 0.717) is 0 Å². The Morgan fingerprint density at radius 1 is 0.200 bits per heavy atom. The minimum atomic E-state index is -0.167. The van der Waals surface area contributed by atoms with Crippen LogP contribution in [0, 0.1) is 113 Å². The number of hydrogen-bond acceptors (Lipinski definition) is 20. The standard InChI is InChI=1S/10ClHO2.5Na.5H/c10*2-1-3;;;;;;;;;;/h10*2H;;;;;;;;;;. The smallest absolute Gasteiger partial charge is 0.327 e. The Kier molecular flexibility index (Phi) is 625. The molecule has 0 saturated heterocycles. The molecule has 0 spiro atoms. The van der Waals surface area contributed by atoms with Crippen LogP contribution in [-0.4, -0.2) is 194 Å². The van der Waals surface area contributed by atoms with Crippen LogP contribution in [0.5, 0.6) is 0 Å². The third-order valence-corrected chi connectivity index (χ3v) is 0. The molecule has 0 aliphatic heterocycles. The summed E-state index contributed by atoms with van der Waals surface area (Å²) in [7, 11) is 0. The Balaban J connectivity index is -0.00000000962. The zero-order valence-corrected chi connectivity index (χ0v) is 19.9. The molecular weight excluding hydrogens is 789 g/mol. The first-order chi connectivity index (χ1) is 14.1. The van der Waals surface area contributed by atoms with Crippen LogP contribution in [0.1, 0.15) is 0 Å². The van der Waals surface area contributed by atoms with E-state index in [2.05, 4.69) is 0 Å². The molecule has 0 aromatic rings. The average molecular weight is 805 g/mol. The van der Waals surface area contributed by atoms with Crippen molar-refractivity contribution in [1.82, 2.24) is 0 Å². The van der Waals surface area contributed by atoms with Gasteiger partial charge in [0.25, 0.3) is 0 Å². The van der Waals surface area contributed by atoms with Crippen LogP contribution >= 0.6 is 0 Å². The summed E-state index contributed by atoms with van der Waals surface area (Å²) in [6.45, 7) is 0. The monoisotopic (exact) mass is 800 g/mol. The maximum atomic E-state index is 8.35. The maximum Gasteiger partial charge on any atom is 0.327 e. The Bertz CT molecular complexity index is 81.5. The van der Waals surface area contributed by atoms with Crippen molar-refractivity contribution in [2.45, 2.75) is 0 Å². The first-order valence-corrected chi connectivity index (χ1v) is 9.70. The molecule has 0 rings (SSSR count). The molecule has 10 N–H and O–H groups in total. The van der Waals surface area contributed by atoms with Gasteiger partial charge in [0.2, 0.25) is 0 Å². The van der Waals surface area contributed by atoms with Crippen molar-refractivity contribution in [3.63, 3.8) is 0 Å². The Morgan fingerprint density at radius 2 is 0.200 bits per heavy atom. The molecule has 210 valence electrons. The summed E-state index contributed by atoms with van der Waals surface area (Å²) in [6, 6.07) is 0. The quantitative estimate of drug-likeness (QED) is 0.102. The molecule has 0 unspecified atom stereocenters. The zero-order valence-electron chi connectivity index (χ0n) is 12.3. The molecule has 0 aliphatic carbocycles. The van der Waals surface area contributed by atoms with Gasteiger partial charge in [-0.05, 0) is 0 Å². The van der Waals surface area contributed by atoms with Gasteiger partial charge in [-0.3, -0.25) is 0 Å². The van der Waals surface area contributed by atoms with E-state index in [-0.39, 0.29) is 261 Å². The van der Waals surface area contributed by atoms with Crippen molar-refractivity contribution in [1.29, 1.82) is 0 Å². The van der Waals surface area contributed by atoms with Gasteiger partial charge in [0, 0.05) is 0 Å². The van der Waals surface area contributed by atoms with Crippen LogP contribution in [0.2, 0.25) is 0 Å². The van der Waals surface area contributed by atoms with E-state index in [9.17, 15) is 0 Å². The average Bonchev–Trinajstić information content (AvgIpc) is 2.61. The van der Waals surface area contributed by atoms with Crippen molar-refractivity contribution >= 4 is 148 Å². The Labute approximate surface area is 347 Å². The first-order valence-electron chi connectivity index (χ1n) is 3.23. The van der Waals surface area contributed by atoms with Crippen LogP contribution in [0.15, 0.2) is 0 Å². The van der Waals surface area contributed by atoms with Crippen LogP contribution < -0.4 is 46.6 Å². The molecule has 0 amide bonds. The van der Waals surface area contributed by atoms with E-state index >= 15 is 0 Å². The summed E-state index contributed by atoms with van der Waals surface area (Å²) in [5.41, 5.74) is 0. The van der Waals surface area contributed by atoms with E-state index in [0.717, 1.165) is 0 Å². The second kappa shape index (κ2) is 226. The third-order valence-electron chi connectivity index (χ3n) is 0. The van der Waals surface area contributed by atoms with Crippen LogP contribution in [0.4, 0.5) is 0 Å². The predicted molar refractivity (Wildman–Crippen MR) is 57.9 cm³/mol. The fourth-order valence-electron chi connectivity index (χ4n) is 0. The van der Waals surface area contributed by atoms with E-state index in [4.69, 9.17) is 93.2 Å².